The summed E-state index contributed by atoms with van der Waals surface area (Å²) in [6, 6.07) is 1.12. The SMILES string of the molecule is Fc1cc(Cl)c(OCC2CO2)cn1. The molecule has 2 rings (SSSR count). The average molecular weight is 204 g/mol. The standard InChI is InChI=1S/C8H7ClFNO2/c9-6-1-8(10)11-2-7(6)13-4-5-3-12-5/h1-2,5H,3-4H2. The van der Waals surface area contributed by atoms with Gasteiger partial charge in [0.25, 0.3) is 0 Å². The number of ether oxygens (including phenoxy) is 2. The summed E-state index contributed by atoms with van der Waals surface area (Å²) in [7, 11) is 0. The van der Waals surface area contributed by atoms with Crippen LogP contribution in [-0.2, 0) is 4.74 Å². The van der Waals surface area contributed by atoms with Crippen LogP contribution in [0.1, 0.15) is 0 Å². The van der Waals surface area contributed by atoms with Gasteiger partial charge in [-0.25, -0.2) is 4.98 Å². The van der Waals surface area contributed by atoms with Gasteiger partial charge in [0.2, 0.25) is 5.95 Å². The molecule has 0 aromatic carbocycles. The van der Waals surface area contributed by atoms with Crippen LogP contribution in [0, 0.1) is 5.95 Å². The largest absolute Gasteiger partial charge is 0.488 e. The van der Waals surface area contributed by atoms with Crippen LogP contribution in [0.4, 0.5) is 4.39 Å². The molecule has 0 N–H and O–H groups in total. The number of pyridine rings is 1. The minimum Gasteiger partial charge on any atom is -0.488 e. The van der Waals surface area contributed by atoms with E-state index in [0.717, 1.165) is 6.07 Å². The van der Waals surface area contributed by atoms with Gasteiger partial charge in [-0.05, 0) is 0 Å². The first-order chi connectivity index (χ1) is 6.25. The van der Waals surface area contributed by atoms with Crippen LogP contribution < -0.4 is 4.74 Å². The van der Waals surface area contributed by atoms with E-state index >= 15 is 0 Å². The monoisotopic (exact) mass is 203 g/mol. The van der Waals surface area contributed by atoms with E-state index in [9.17, 15) is 4.39 Å². The zero-order chi connectivity index (χ0) is 9.26. The fraction of sp³-hybridized carbons (Fsp3) is 0.375. The lowest BCUT2D eigenvalue weighted by Crippen LogP contribution is -2.04. The Balaban J connectivity index is 2.01. The number of aromatic nitrogens is 1. The molecule has 0 aliphatic carbocycles. The van der Waals surface area contributed by atoms with Crippen molar-refractivity contribution in [3.8, 4) is 5.75 Å². The Morgan fingerprint density at radius 2 is 2.54 bits per heavy atom. The molecule has 2 heterocycles. The number of halogens is 2. The Bertz CT molecular complexity index is 317. The highest BCUT2D eigenvalue weighted by atomic mass is 35.5. The van der Waals surface area contributed by atoms with Gasteiger partial charge in [-0.2, -0.15) is 4.39 Å². The molecule has 1 aliphatic rings. The smallest absolute Gasteiger partial charge is 0.214 e. The van der Waals surface area contributed by atoms with E-state index in [4.69, 9.17) is 21.1 Å². The third-order valence-corrected chi connectivity index (χ3v) is 1.91. The fourth-order valence-corrected chi connectivity index (χ4v) is 1.04. The minimum absolute atomic E-state index is 0.154. The van der Waals surface area contributed by atoms with Crippen molar-refractivity contribution in [1.29, 1.82) is 0 Å². The van der Waals surface area contributed by atoms with Gasteiger partial charge in [-0.3, -0.25) is 0 Å². The Morgan fingerprint density at radius 1 is 1.77 bits per heavy atom. The van der Waals surface area contributed by atoms with Crippen molar-refractivity contribution in [2.75, 3.05) is 13.2 Å². The quantitative estimate of drug-likeness (QED) is 0.554. The van der Waals surface area contributed by atoms with Crippen molar-refractivity contribution in [1.82, 2.24) is 4.98 Å². The predicted octanol–water partition coefficient (Wildman–Crippen LogP) is 1.65. The zero-order valence-electron chi connectivity index (χ0n) is 6.67. The molecule has 0 radical (unpaired) electrons. The topological polar surface area (TPSA) is 34.6 Å². The summed E-state index contributed by atoms with van der Waals surface area (Å²) in [6.07, 6.45) is 1.42. The van der Waals surface area contributed by atoms with Gasteiger partial charge in [0.1, 0.15) is 12.7 Å². The molecule has 70 valence electrons. The normalized spacial score (nSPS) is 20.0. The molecule has 1 aromatic heterocycles. The van der Waals surface area contributed by atoms with Crippen molar-refractivity contribution < 1.29 is 13.9 Å². The molecule has 1 fully saturated rings. The second-order valence-corrected chi connectivity index (χ2v) is 3.11. The molecule has 5 heteroatoms. The van der Waals surface area contributed by atoms with Crippen molar-refractivity contribution in [3.05, 3.63) is 23.2 Å². The summed E-state index contributed by atoms with van der Waals surface area (Å²) in [4.78, 5) is 3.42. The van der Waals surface area contributed by atoms with E-state index in [0.29, 0.717) is 19.0 Å². The molecule has 3 nitrogen and oxygen atoms in total. The van der Waals surface area contributed by atoms with E-state index in [1.807, 2.05) is 0 Å². The van der Waals surface area contributed by atoms with Crippen LogP contribution in [0.3, 0.4) is 0 Å². The second kappa shape index (κ2) is 3.47. The van der Waals surface area contributed by atoms with Gasteiger partial charge in [0, 0.05) is 6.07 Å². The molecule has 0 saturated carbocycles. The summed E-state index contributed by atoms with van der Waals surface area (Å²) < 4.78 is 22.6. The third-order valence-electron chi connectivity index (χ3n) is 1.61. The molecule has 1 aliphatic heterocycles. The maximum atomic E-state index is 12.5. The highest BCUT2D eigenvalue weighted by Gasteiger charge is 2.23. The van der Waals surface area contributed by atoms with E-state index in [2.05, 4.69) is 4.98 Å². The molecule has 1 saturated heterocycles. The maximum absolute atomic E-state index is 12.5. The molecule has 0 bridgehead atoms. The van der Waals surface area contributed by atoms with Crippen LogP contribution in [0.25, 0.3) is 0 Å². The lowest BCUT2D eigenvalue weighted by atomic mass is 10.4. The Labute approximate surface area is 79.4 Å². The van der Waals surface area contributed by atoms with E-state index in [1.165, 1.54) is 6.20 Å². The van der Waals surface area contributed by atoms with E-state index in [1.54, 1.807) is 0 Å². The Hall–Kier alpha value is -0.870. The summed E-state index contributed by atoms with van der Waals surface area (Å²) >= 11 is 5.69. The lowest BCUT2D eigenvalue weighted by molar-refractivity contribution is 0.262. The molecule has 1 unspecified atom stereocenters. The molecule has 1 atom stereocenters. The molecule has 13 heavy (non-hydrogen) atoms. The number of rotatable bonds is 3. The van der Waals surface area contributed by atoms with Crippen molar-refractivity contribution in [2.45, 2.75) is 6.10 Å². The summed E-state index contributed by atoms with van der Waals surface area (Å²) in [5.41, 5.74) is 0. The fourth-order valence-electron chi connectivity index (χ4n) is 0.848. The maximum Gasteiger partial charge on any atom is 0.214 e. The Kier molecular flexibility index (Phi) is 2.33. The molecule has 1 aromatic rings. The van der Waals surface area contributed by atoms with E-state index < -0.39 is 5.95 Å². The summed E-state index contributed by atoms with van der Waals surface area (Å²) in [5, 5.41) is 0.230. The lowest BCUT2D eigenvalue weighted by Gasteiger charge is -2.04. The molecule has 0 spiro atoms. The van der Waals surface area contributed by atoms with Crippen molar-refractivity contribution in [2.24, 2.45) is 0 Å². The van der Waals surface area contributed by atoms with Gasteiger partial charge in [-0.1, -0.05) is 11.6 Å². The van der Waals surface area contributed by atoms with Crippen molar-refractivity contribution >= 4 is 11.6 Å². The first-order valence-electron chi connectivity index (χ1n) is 3.81. The highest BCUT2D eigenvalue weighted by Crippen LogP contribution is 2.24. The minimum atomic E-state index is -0.611. The van der Waals surface area contributed by atoms with Crippen molar-refractivity contribution in [3.63, 3.8) is 0 Å². The third kappa shape index (κ3) is 2.29. The molecular weight excluding hydrogens is 197 g/mol. The second-order valence-electron chi connectivity index (χ2n) is 2.70. The van der Waals surface area contributed by atoms with Crippen LogP contribution in [0.15, 0.2) is 12.3 Å². The van der Waals surface area contributed by atoms with Crippen LogP contribution in [-0.4, -0.2) is 24.3 Å². The molecule has 0 amide bonds. The number of hydrogen-bond acceptors (Lipinski definition) is 3. The summed E-state index contributed by atoms with van der Waals surface area (Å²) in [6.45, 7) is 1.15. The average Bonchev–Trinajstić information content (AvgIpc) is 2.86. The van der Waals surface area contributed by atoms with Crippen LogP contribution in [0.5, 0.6) is 5.75 Å². The van der Waals surface area contributed by atoms with Gasteiger partial charge < -0.3 is 9.47 Å². The van der Waals surface area contributed by atoms with Gasteiger partial charge >= 0.3 is 0 Å². The van der Waals surface area contributed by atoms with Gasteiger partial charge in [-0.15, -0.1) is 0 Å². The first kappa shape index (κ1) is 8.72. The zero-order valence-corrected chi connectivity index (χ0v) is 7.42. The molecular formula is C8H7ClFNO2. The predicted molar refractivity (Wildman–Crippen MR) is 44.4 cm³/mol. The van der Waals surface area contributed by atoms with Gasteiger partial charge in [0.05, 0.1) is 17.8 Å². The highest BCUT2D eigenvalue weighted by molar-refractivity contribution is 6.31. The van der Waals surface area contributed by atoms with E-state index in [-0.39, 0.29) is 11.1 Å². The van der Waals surface area contributed by atoms with Crippen LogP contribution in [0.2, 0.25) is 5.02 Å². The van der Waals surface area contributed by atoms with Crippen LogP contribution >= 0.6 is 11.6 Å². The van der Waals surface area contributed by atoms with Gasteiger partial charge in [0.15, 0.2) is 5.75 Å². The Morgan fingerprint density at radius 3 is 3.15 bits per heavy atom. The number of hydrogen-bond donors (Lipinski definition) is 0. The first-order valence-corrected chi connectivity index (χ1v) is 4.19. The number of nitrogens with zero attached hydrogens (tertiary/aromatic N) is 1. The number of epoxide rings is 1. The summed E-state index contributed by atoms with van der Waals surface area (Å²) in [5.74, 6) is -0.224.